The van der Waals surface area contributed by atoms with Gasteiger partial charge in [0.05, 0.1) is 0 Å². The average molecular weight is 301 g/mol. The summed E-state index contributed by atoms with van der Waals surface area (Å²) in [4.78, 5) is 11.3. The fraction of sp³-hybridized carbons (Fsp3) is 0.308. The van der Waals surface area contributed by atoms with Crippen molar-refractivity contribution in [3.63, 3.8) is 0 Å². The molecule has 2 nitrogen and oxygen atoms in total. The fourth-order valence-corrected chi connectivity index (χ4v) is 2.56. The SMILES string of the molecule is C=C(C)CCOC(=O)C(F)[Se]c1ccccc1. The van der Waals surface area contributed by atoms with E-state index >= 15 is 0 Å². The molecule has 1 rings (SSSR count). The Morgan fingerprint density at radius 3 is 2.71 bits per heavy atom. The maximum atomic E-state index is 13.5. The Morgan fingerprint density at radius 2 is 2.12 bits per heavy atom. The third-order valence-electron chi connectivity index (χ3n) is 1.94. The first-order valence-electron chi connectivity index (χ1n) is 5.26. The van der Waals surface area contributed by atoms with Crippen LogP contribution in [0.15, 0.2) is 42.5 Å². The molecule has 0 aromatic heterocycles. The summed E-state index contributed by atoms with van der Waals surface area (Å²) in [7, 11) is 0. The van der Waals surface area contributed by atoms with E-state index in [1.807, 2.05) is 37.3 Å². The zero-order chi connectivity index (χ0) is 12.7. The summed E-state index contributed by atoms with van der Waals surface area (Å²) in [5, 5.41) is -1.53. The van der Waals surface area contributed by atoms with Crippen LogP contribution in [0.25, 0.3) is 0 Å². The Morgan fingerprint density at radius 1 is 1.47 bits per heavy atom. The first kappa shape index (κ1) is 13.9. The summed E-state index contributed by atoms with van der Waals surface area (Å²) in [5.74, 6) is -0.768. The van der Waals surface area contributed by atoms with Gasteiger partial charge in [-0.3, -0.25) is 0 Å². The molecule has 0 fully saturated rings. The summed E-state index contributed by atoms with van der Waals surface area (Å²) in [6, 6.07) is 9.14. The zero-order valence-corrected chi connectivity index (χ0v) is 11.4. The third-order valence-corrected chi connectivity index (χ3v) is 3.92. The van der Waals surface area contributed by atoms with Crippen LogP contribution >= 0.6 is 0 Å². The minimum atomic E-state index is -1.53. The Labute approximate surface area is 107 Å². The van der Waals surface area contributed by atoms with Gasteiger partial charge < -0.3 is 0 Å². The van der Waals surface area contributed by atoms with Crippen molar-refractivity contribution in [2.24, 2.45) is 0 Å². The molecule has 0 heterocycles. The van der Waals surface area contributed by atoms with Crippen molar-refractivity contribution in [2.75, 3.05) is 6.61 Å². The van der Waals surface area contributed by atoms with Gasteiger partial charge in [-0.1, -0.05) is 0 Å². The second-order valence-electron chi connectivity index (χ2n) is 3.62. The molecule has 17 heavy (non-hydrogen) atoms. The van der Waals surface area contributed by atoms with Crippen molar-refractivity contribution in [3.05, 3.63) is 42.5 Å². The van der Waals surface area contributed by atoms with Crippen LogP contribution in [0.5, 0.6) is 0 Å². The van der Waals surface area contributed by atoms with Crippen LogP contribution in [0.3, 0.4) is 0 Å². The molecule has 0 saturated carbocycles. The first-order valence-corrected chi connectivity index (χ1v) is 7.11. The Bertz CT molecular complexity index is 378. The van der Waals surface area contributed by atoms with Gasteiger partial charge in [-0.05, 0) is 0 Å². The monoisotopic (exact) mass is 302 g/mol. The van der Waals surface area contributed by atoms with E-state index in [1.165, 1.54) is 0 Å². The molecule has 1 unspecified atom stereocenters. The second-order valence-corrected chi connectivity index (χ2v) is 5.97. The van der Waals surface area contributed by atoms with Crippen LogP contribution in [-0.2, 0) is 9.53 Å². The van der Waals surface area contributed by atoms with Crippen LogP contribution in [0.1, 0.15) is 13.3 Å². The van der Waals surface area contributed by atoms with Crippen LogP contribution in [0, 0.1) is 0 Å². The van der Waals surface area contributed by atoms with E-state index in [-0.39, 0.29) is 6.61 Å². The Kier molecular flexibility index (Phi) is 5.95. The third kappa shape index (κ3) is 5.66. The molecule has 0 spiro atoms. The number of ether oxygens (including phenoxy) is 1. The summed E-state index contributed by atoms with van der Waals surface area (Å²) >= 11 is -0.526. The number of alkyl halides is 1. The van der Waals surface area contributed by atoms with Gasteiger partial charge in [-0.25, -0.2) is 0 Å². The van der Waals surface area contributed by atoms with Crippen LogP contribution in [0.2, 0.25) is 0 Å². The zero-order valence-electron chi connectivity index (χ0n) is 9.69. The van der Waals surface area contributed by atoms with E-state index in [2.05, 4.69) is 6.58 Å². The van der Waals surface area contributed by atoms with E-state index < -0.39 is 26.0 Å². The predicted octanol–water partition coefficient (Wildman–Crippen LogP) is 1.82. The van der Waals surface area contributed by atoms with E-state index in [4.69, 9.17) is 4.74 Å². The molecule has 1 aromatic rings. The summed E-state index contributed by atoms with van der Waals surface area (Å²) in [5.41, 5.74) is 0.918. The molecule has 0 aliphatic rings. The molecular formula is C13H15FO2Se. The van der Waals surface area contributed by atoms with Crippen LogP contribution in [-0.4, -0.2) is 32.6 Å². The minimum absolute atomic E-state index is 0.208. The van der Waals surface area contributed by atoms with Crippen molar-refractivity contribution in [2.45, 2.75) is 18.4 Å². The molecule has 0 aliphatic carbocycles. The fourth-order valence-electron chi connectivity index (χ4n) is 1.06. The van der Waals surface area contributed by atoms with Crippen LogP contribution in [0.4, 0.5) is 4.39 Å². The molecule has 1 aromatic carbocycles. The maximum absolute atomic E-state index is 13.5. The van der Waals surface area contributed by atoms with Gasteiger partial charge in [0.15, 0.2) is 0 Å². The first-order chi connectivity index (χ1) is 8.09. The van der Waals surface area contributed by atoms with E-state index in [1.54, 1.807) is 0 Å². The van der Waals surface area contributed by atoms with Crippen molar-refractivity contribution in [3.8, 4) is 0 Å². The molecular weight excluding hydrogens is 286 g/mol. The normalized spacial score (nSPS) is 11.9. The number of hydrogen-bond donors (Lipinski definition) is 0. The second kappa shape index (κ2) is 7.25. The summed E-state index contributed by atoms with van der Waals surface area (Å²) in [6.07, 6.45) is 0.580. The Balaban J connectivity index is 2.34. The van der Waals surface area contributed by atoms with Gasteiger partial charge in [0.2, 0.25) is 0 Å². The predicted molar refractivity (Wildman–Crippen MR) is 67.1 cm³/mol. The van der Waals surface area contributed by atoms with Gasteiger partial charge in [0, 0.05) is 0 Å². The number of benzene rings is 1. The molecule has 0 bridgehead atoms. The van der Waals surface area contributed by atoms with E-state index in [0.717, 1.165) is 10.0 Å². The molecule has 0 amide bonds. The standard InChI is InChI=1S/C13H15FO2Se/c1-10(2)8-9-16-13(15)12(14)17-11-6-4-3-5-7-11/h3-7,12H,1,8-9H2,2H3. The molecule has 0 radical (unpaired) electrons. The Hall–Kier alpha value is -1.12. The number of carbonyl (C=O) groups is 1. The molecule has 92 valence electrons. The molecule has 0 saturated heterocycles. The number of carbonyl (C=O) groups excluding carboxylic acids is 1. The van der Waals surface area contributed by atoms with Gasteiger partial charge >= 0.3 is 107 Å². The number of halogens is 1. The number of rotatable bonds is 6. The number of esters is 1. The number of hydrogen-bond acceptors (Lipinski definition) is 2. The van der Waals surface area contributed by atoms with Gasteiger partial charge in [-0.15, -0.1) is 0 Å². The van der Waals surface area contributed by atoms with Crippen molar-refractivity contribution >= 4 is 25.4 Å². The van der Waals surface area contributed by atoms with Gasteiger partial charge in [0.25, 0.3) is 0 Å². The van der Waals surface area contributed by atoms with E-state index in [0.29, 0.717) is 6.42 Å². The summed E-state index contributed by atoms with van der Waals surface area (Å²) in [6.45, 7) is 5.73. The van der Waals surface area contributed by atoms with E-state index in [9.17, 15) is 9.18 Å². The van der Waals surface area contributed by atoms with Crippen molar-refractivity contribution < 1.29 is 13.9 Å². The topological polar surface area (TPSA) is 26.3 Å². The quantitative estimate of drug-likeness (QED) is 0.455. The molecule has 1 atom stereocenters. The van der Waals surface area contributed by atoms with Crippen molar-refractivity contribution in [1.29, 1.82) is 0 Å². The molecule has 4 heteroatoms. The van der Waals surface area contributed by atoms with Gasteiger partial charge in [0.1, 0.15) is 0 Å². The van der Waals surface area contributed by atoms with Gasteiger partial charge in [-0.2, -0.15) is 0 Å². The van der Waals surface area contributed by atoms with Crippen molar-refractivity contribution in [1.82, 2.24) is 0 Å². The molecule has 0 aliphatic heterocycles. The summed E-state index contributed by atoms with van der Waals surface area (Å²) < 4.78 is 19.2. The molecule has 0 N–H and O–H groups in total. The van der Waals surface area contributed by atoms with Crippen LogP contribution < -0.4 is 4.46 Å². The average Bonchev–Trinajstić information content (AvgIpc) is 2.29.